The van der Waals surface area contributed by atoms with Crippen LogP contribution in [0, 0.1) is 13.8 Å². The summed E-state index contributed by atoms with van der Waals surface area (Å²) in [6.07, 6.45) is 3.33. The molecule has 0 saturated carbocycles. The molecular formula is C21H26N2O3S. The predicted molar refractivity (Wildman–Crippen MR) is 109 cm³/mol. The summed E-state index contributed by atoms with van der Waals surface area (Å²) in [6.45, 7) is 5.84. The predicted octanol–water partition coefficient (Wildman–Crippen LogP) is 3.51. The quantitative estimate of drug-likeness (QED) is 0.790. The molecule has 1 aliphatic rings. The van der Waals surface area contributed by atoms with Crippen molar-refractivity contribution in [1.29, 1.82) is 0 Å². The van der Waals surface area contributed by atoms with E-state index in [1.54, 1.807) is 12.1 Å². The fraction of sp³-hybridized carbons (Fsp3) is 0.381. The third kappa shape index (κ3) is 4.50. The Morgan fingerprint density at radius 1 is 1.00 bits per heavy atom. The van der Waals surface area contributed by atoms with Crippen molar-refractivity contribution in [3.8, 4) is 0 Å². The van der Waals surface area contributed by atoms with E-state index >= 15 is 0 Å². The molecule has 1 heterocycles. The molecule has 0 N–H and O–H groups in total. The lowest BCUT2D eigenvalue weighted by Gasteiger charge is -2.23. The van der Waals surface area contributed by atoms with E-state index in [2.05, 4.69) is 0 Å². The van der Waals surface area contributed by atoms with Gasteiger partial charge in [0.15, 0.2) is 0 Å². The van der Waals surface area contributed by atoms with Gasteiger partial charge in [0, 0.05) is 18.7 Å². The van der Waals surface area contributed by atoms with Crippen molar-refractivity contribution in [3.05, 3.63) is 64.7 Å². The van der Waals surface area contributed by atoms with Crippen molar-refractivity contribution in [3.63, 3.8) is 0 Å². The fourth-order valence-electron chi connectivity index (χ4n) is 3.30. The number of carbonyl (C=O) groups is 1. The van der Waals surface area contributed by atoms with E-state index in [9.17, 15) is 13.2 Å². The van der Waals surface area contributed by atoms with Gasteiger partial charge in [0.05, 0.1) is 18.5 Å². The van der Waals surface area contributed by atoms with Crippen LogP contribution in [0.3, 0.4) is 0 Å². The van der Waals surface area contributed by atoms with Gasteiger partial charge in [0.25, 0.3) is 5.91 Å². The average Bonchev–Trinajstić information content (AvgIpc) is 3.16. The maximum atomic E-state index is 12.5. The zero-order valence-corrected chi connectivity index (χ0v) is 16.9. The maximum Gasteiger partial charge on any atom is 0.253 e. The van der Waals surface area contributed by atoms with Crippen LogP contribution >= 0.6 is 0 Å². The summed E-state index contributed by atoms with van der Waals surface area (Å²) in [7, 11) is -3.43. The molecule has 2 aromatic rings. The zero-order valence-electron chi connectivity index (χ0n) is 16.1. The van der Waals surface area contributed by atoms with Gasteiger partial charge < -0.3 is 4.90 Å². The average molecular weight is 387 g/mol. The zero-order chi connectivity index (χ0) is 19.6. The molecule has 1 amide bonds. The van der Waals surface area contributed by atoms with Crippen LogP contribution in [0.15, 0.2) is 42.5 Å². The number of hydrogen-bond donors (Lipinski definition) is 0. The summed E-state index contributed by atoms with van der Waals surface area (Å²) < 4.78 is 26.1. The van der Waals surface area contributed by atoms with Crippen LogP contribution in [0.25, 0.3) is 0 Å². The molecule has 0 radical (unpaired) electrons. The third-order valence-electron chi connectivity index (χ3n) is 5.10. The highest BCUT2D eigenvalue weighted by molar-refractivity contribution is 7.92. The molecule has 5 nitrogen and oxygen atoms in total. The highest BCUT2D eigenvalue weighted by Gasteiger charge is 2.21. The summed E-state index contributed by atoms with van der Waals surface area (Å²) in [5.74, 6) is 0.0492. The lowest BCUT2D eigenvalue weighted by Crippen LogP contribution is -2.29. The molecule has 0 unspecified atom stereocenters. The largest absolute Gasteiger partial charge is 0.339 e. The van der Waals surface area contributed by atoms with Gasteiger partial charge in [-0.2, -0.15) is 0 Å². The Labute approximate surface area is 161 Å². The molecule has 3 rings (SSSR count). The second kappa shape index (κ2) is 7.72. The second-order valence-corrected chi connectivity index (χ2v) is 9.14. The number of nitrogens with zero attached hydrogens (tertiary/aromatic N) is 2. The first-order valence-corrected chi connectivity index (χ1v) is 11.0. The standard InChI is InChI=1S/C21H26N2O3S/c1-16-6-11-20(14-17(16)2)23(27(3,25)26)15-18-7-9-19(10-8-18)21(24)22-12-4-5-13-22/h6-11,14H,4-5,12-13,15H2,1-3H3. The molecule has 27 heavy (non-hydrogen) atoms. The van der Waals surface area contributed by atoms with Crippen LogP contribution in [-0.2, 0) is 16.6 Å². The number of amides is 1. The monoisotopic (exact) mass is 386 g/mol. The van der Waals surface area contributed by atoms with E-state index in [1.807, 2.05) is 49.1 Å². The number of hydrogen-bond acceptors (Lipinski definition) is 3. The van der Waals surface area contributed by atoms with Crippen LogP contribution in [0.1, 0.15) is 39.9 Å². The van der Waals surface area contributed by atoms with Crippen molar-refractivity contribution in [2.45, 2.75) is 33.2 Å². The second-order valence-electron chi connectivity index (χ2n) is 7.23. The lowest BCUT2D eigenvalue weighted by molar-refractivity contribution is 0.0793. The Kier molecular flexibility index (Phi) is 5.56. The molecular weight excluding hydrogens is 360 g/mol. The third-order valence-corrected chi connectivity index (χ3v) is 6.24. The number of rotatable bonds is 5. The van der Waals surface area contributed by atoms with Gasteiger partial charge in [0.2, 0.25) is 10.0 Å². The van der Waals surface area contributed by atoms with Crippen molar-refractivity contribution in [1.82, 2.24) is 4.90 Å². The Bertz CT molecular complexity index is 930. The summed E-state index contributed by atoms with van der Waals surface area (Å²) in [4.78, 5) is 14.3. The van der Waals surface area contributed by atoms with Gasteiger partial charge in [-0.1, -0.05) is 18.2 Å². The Morgan fingerprint density at radius 3 is 2.19 bits per heavy atom. The summed E-state index contributed by atoms with van der Waals surface area (Å²) in [5.41, 5.74) is 4.32. The minimum atomic E-state index is -3.43. The molecule has 0 spiro atoms. The van der Waals surface area contributed by atoms with Crippen LogP contribution in [-0.4, -0.2) is 38.6 Å². The SMILES string of the molecule is Cc1ccc(N(Cc2ccc(C(=O)N3CCCC3)cc2)S(C)(=O)=O)cc1C. The molecule has 0 aromatic heterocycles. The fourth-order valence-corrected chi connectivity index (χ4v) is 4.18. The number of carbonyl (C=O) groups excluding carboxylic acids is 1. The smallest absolute Gasteiger partial charge is 0.253 e. The number of aryl methyl sites for hydroxylation is 2. The van der Waals surface area contributed by atoms with E-state index < -0.39 is 10.0 Å². The van der Waals surface area contributed by atoms with E-state index in [-0.39, 0.29) is 12.5 Å². The number of likely N-dealkylation sites (tertiary alicyclic amines) is 1. The molecule has 144 valence electrons. The van der Waals surface area contributed by atoms with Gasteiger partial charge in [-0.3, -0.25) is 9.10 Å². The molecule has 2 aromatic carbocycles. The van der Waals surface area contributed by atoms with Gasteiger partial charge in [-0.05, 0) is 67.6 Å². The first-order chi connectivity index (χ1) is 12.8. The highest BCUT2D eigenvalue weighted by Crippen LogP contribution is 2.24. The summed E-state index contributed by atoms with van der Waals surface area (Å²) in [5, 5.41) is 0. The van der Waals surface area contributed by atoms with Crippen LogP contribution in [0.5, 0.6) is 0 Å². The van der Waals surface area contributed by atoms with E-state index in [4.69, 9.17) is 0 Å². The lowest BCUT2D eigenvalue weighted by atomic mass is 10.1. The van der Waals surface area contributed by atoms with E-state index in [0.29, 0.717) is 11.3 Å². The topological polar surface area (TPSA) is 57.7 Å². The molecule has 1 fully saturated rings. The molecule has 6 heteroatoms. The van der Waals surface area contributed by atoms with Crippen molar-refractivity contribution in [2.75, 3.05) is 23.7 Å². The Hall–Kier alpha value is -2.34. The van der Waals surface area contributed by atoms with Gasteiger partial charge in [0.1, 0.15) is 0 Å². The molecule has 0 bridgehead atoms. The molecule has 1 aliphatic heterocycles. The normalized spacial score (nSPS) is 14.4. The first-order valence-electron chi connectivity index (χ1n) is 9.19. The highest BCUT2D eigenvalue weighted by atomic mass is 32.2. The first kappa shape index (κ1) is 19.4. The number of anilines is 1. The minimum Gasteiger partial charge on any atom is -0.339 e. The Morgan fingerprint density at radius 2 is 1.63 bits per heavy atom. The van der Waals surface area contributed by atoms with E-state index in [0.717, 1.165) is 42.6 Å². The van der Waals surface area contributed by atoms with E-state index in [1.165, 1.54) is 10.6 Å². The van der Waals surface area contributed by atoms with Crippen molar-refractivity contribution >= 4 is 21.6 Å². The molecule has 0 aliphatic carbocycles. The maximum absolute atomic E-state index is 12.5. The van der Waals surface area contributed by atoms with Crippen LogP contribution in [0.2, 0.25) is 0 Å². The summed E-state index contributed by atoms with van der Waals surface area (Å²) >= 11 is 0. The van der Waals surface area contributed by atoms with Gasteiger partial charge >= 0.3 is 0 Å². The Balaban J connectivity index is 1.82. The minimum absolute atomic E-state index is 0.0492. The molecule has 1 saturated heterocycles. The summed E-state index contributed by atoms with van der Waals surface area (Å²) in [6, 6.07) is 12.9. The van der Waals surface area contributed by atoms with Crippen LogP contribution < -0.4 is 4.31 Å². The van der Waals surface area contributed by atoms with Crippen LogP contribution in [0.4, 0.5) is 5.69 Å². The number of sulfonamides is 1. The number of benzene rings is 2. The van der Waals surface area contributed by atoms with Gasteiger partial charge in [-0.15, -0.1) is 0 Å². The van der Waals surface area contributed by atoms with Gasteiger partial charge in [-0.25, -0.2) is 8.42 Å². The van der Waals surface area contributed by atoms with Crippen molar-refractivity contribution in [2.24, 2.45) is 0 Å². The van der Waals surface area contributed by atoms with Crippen molar-refractivity contribution < 1.29 is 13.2 Å². The molecule has 0 atom stereocenters.